The summed E-state index contributed by atoms with van der Waals surface area (Å²) >= 11 is 7.68. The Bertz CT molecular complexity index is 1230. The Morgan fingerprint density at radius 2 is 1.89 bits per heavy atom. The van der Waals surface area contributed by atoms with Crippen molar-refractivity contribution in [2.24, 2.45) is 0 Å². The molecule has 28 heavy (non-hydrogen) atoms. The molecule has 3 heterocycles. The van der Waals surface area contributed by atoms with E-state index in [1.807, 2.05) is 24.5 Å². The van der Waals surface area contributed by atoms with Crippen LogP contribution >= 0.6 is 22.9 Å². The van der Waals surface area contributed by atoms with E-state index < -0.39 is 8.07 Å². The van der Waals surface area contributed by atoms with E-state index in [2.05, 4.69) is 70.3 Å². The van der Waals surface area contributed by atoms with Gasteiger partial charge in [-0.1, -0.05) is 43.8 Å². The number of rotatable bonds is 2. The molecule has 0 aliphatic rings. The lowest BCUT2D eigenvalue weighted by Gasteiger charge is -2.07. The molecule has 3 nitrogen and oxygen atoms in total. The van der Waals surface area contributed by atoms with Crippen molar-refractivity contribution >= 4 is 41.1 Å². The maximum Gasteiger partial charge on any atom is 0.222 e. The van der Waals surface area contributed by atoms with Gasteiger partial charge in [-0.15, -0.1) is 16.9 Å². The number of thiophene rings is 1. The van der Waals surface area contributed by atoms with Gasteiger partial charge < -0.3 is 0 Å². The fraction of sp³-hybridized carbons (Fsp3) is 0.136. The van der Waals surface area contributed by atoms with E-state index in [1.54, 1.807) is 17.5 Å². The van der Waals surface area contributed by atoms with Crippen LogP contribution in [-0.4, -0.2) is 23.0 Å². The van der Waals surface area contributed by atoms with E-state index in [0.717, 1.165) is 27.3 Å². The van der Waals surface area contributed by atoms with Crippen molar-refractivity contribution in [3.8, 4) is 33.2 Å². The highest BCUT2D eigenvalue weighted by Gasteiger charge is 2.13. The first kappa shape index (κ1) is 18.8. The van der Waals surface area contributed by atoms with Gasteiger partial charge in [-0.25, -0.2) is 9.97 Å². The summed E-state index contributed by atoms with van der Waals surface area (Å²) < 4.78 is 1.20. The Morgan fingerprint density at radius 3 is 2.68 bits per heavy atom. The van der Waals surface area contributed by atoms with Crippen LogP contribution in [0.4, 0.5) is 0 Å². The number of hydrogen-bond donors (Lipinski definition) is 0. The zero-order valence-corrected chi connectivity index (χ0v) is 18.4. The molecule has 4 aromatic rings. The molecule has 0 unspecified atom stereocenters. The van der Waals surface area contributed by atoms with Crippen molar-refractivity contribution in [1.82, 2.24) is 15.0 Å². The molecule has 0 spiro atoms. The SMILES string of the molecule is C[Si](C)(C)C#Cc1cnccc1-c1cccc2cc(-c3ccnc(Cl)n3)sc12. The molecule has 138 valence electrons. The fourth-order valence-electron chi connectivity index (χ4n) is 2.86. The summed E-state index contributed by atoms with van der Waals surface area (Å²) in [4.78, 5) is 13.7. The topological polar surface area (TPSA) is 38.7 Å². The number of fused-ring (bicyclic) bond motifs is 1. The van der Waals surface area contributed by atoms with Crippen LogP contribution in [0.1, 0.15) is 5.56 Å². The third kappa shape index (κ3) is 4.00. The summed E-state index contributed by atoms with van der Waals surface area (Å²) in [6.07, 6.45) is 5.37. The summed E-state index contributed by atoms with van der Waals surface area (Å²) in [5.74, 6) is 3.38. The minimum absolute atomic E-state index is 0.258. The standard InChI is InChI=1S/C22H18ClN3SSi/c1-28(2,3)12-9-16-14-24-10-7-17(16)18-6-4-5-15-13-20(27-21(15)18)19-8-11-25-22(23)26-19/h4-8,10-11,13-14H,1-3H3. The molecule has 0 bridgehead atoms. The molecule has 0 aliphatic heterocycles. The quantitative estimate of drug-likeness (QED) is 0.217. The van der Waals surface area contributed by atoms with Crippen LogP contribution in [0.2, 0.25) is 24.9 Å². The van der Waals surface area contributed by atoms with Crippen LogP contribution in [-0.2, 0) is 0 Å². The number of halogens is 1. The minimum Gasteiger partial charge on any atom is -0.263 e. The van der Waals surface area contributed by atoms with Crippen molar-refractivity contribution in [3.05, 3.63) is 65.8 Å². The average molecular weight is 420 g/mol. The van der Waals surface area contributed by atoms with E-state index in [4.69, 9.17) is 11.6 Å². The van der Waals surface area contributed by atoms with Gasteiger partial charge in [0.1, 0.15) is 8.07 Å². The summed E-state index contributed by atoms with van der Waals surface area (Å²) in [6.45, 7) is 6.74. The summed E-state index contributed by atoms with van der Waals surface area (Å²) in [5.41, 5.74) is 7.53. The number of hydrogen-bond acceptors (Lipinski definition) is 4. The van der Waals surface area contributed by atoms with Gasteiger partial charge in [0.05, 0.1) is 16.1 Å². The lowest BCUT2D eigenvalue weighted by molar-refractivity contribution is 1.18. The van der Waals surface area contributed by atoms with Crippen LogP contribution in [0.3, 0.4) is 0 Å². The van der Waals surface area contributed by atoms with Crippen molar-refractivity contribution in [1.29, 1.82) is 0 Å². The van der Waals surface area contributed by atoms with Gasteiger partial charge in [0.25, 0.3) is 0 Å². The lowest BCUT2D eigenvalue weighted by atomic mass is 10.0. The molecular formula is C22H18ClN3SSi. The number of aromatic nitrogens is 3. The van der Waals surface area contributed by atoms with Crippen LogP contribution < -0.4 is 0 Å². The first-order valence-corrected chi connectivity index (χ1v) is 13.6. The zero-order valence-electron chi connectivity index (χ0n) is 15.8. The van der Waals surface area contributed by atoms with Crippen molar-refractivity contribution in [3.63, 3.8) is 0 Å². The van der Waals surface area contributed by atoms with Gasteiger partial charge in [0.2, 0.25) is 5.28 Å². The molecule has 0 N–H and O–H groups in total. The summed E-state index contributed by atoms with van der Waals surface area (Å²) in [7, 11) is -1.48. The second-order valence-electron chi connectivity index (χ2n) is 7.47. The average Bonchev–Trinajstić information content (AvgIpc) is 3.10. The normalized spacial score (nSPS) is 11.3. The van der Waals surface area contributed by atoms with Gasteiger partial charge in [-0.2, -0.15) is 0 Å². The monoisotopic (exact) mass is 419 g/mol. The summed E-state index contributed by atoms with van der Waals surface area (Å²) in [6, 6.07) is 12.4. The molecule has 0 fully saturated rings. The zero-order chi connectivity index (χ0) is 19.7. The molecule has 3 aromatic heterocycles. The highest BCUT2D eigenvalue weighted by atomic mass is 35.5. The predicted molar refractivity (Wildman–Crippen MR) is 121 cm³/mol. The van der Waals surface area contributed by atoms with Gasteiger partial charge in [-0.3, -0.25) is 4.98 Å². The maximum absolute atomic E-state index is 5.98. The highest BCUT2D eigenvalue weighted by molar-refractivity contribution is 7.22. The van der Waals surface area contributed by atoms with Gasteiger partial charge in [-0.05, 0) is 35.2 Å². The van der Waals surface area contributed by atoms with Crippen molar-refractivity contribution < 1.29 is 0 Å². The molecule has 0 saturated carbocycles. The smallest absolute Gasteiger partial charge is 0.222 e. The lowest BCUT2D eigenvalue weighted by Crippen LogP contribution is -2.16. The molecular weight excluding hydrogens is 402 g/mol. The van der Waals surface area contributed by atoms with Gasteiger partial charge in [0.15, 0.2) is 0 Å². The molecule has 4 rings (SSSR count). The first-order chi connectivity index (χ1) is 13.4. The van der Waals surface area contributed by atoms with Crippen LogP contribution in [0.15, 0.2) is 55.0 Å². The second kappa shape index (κ2) is 7.48. The van der Waals surface area contributed by atoms with E-state index >= 15 is 0 Å². The van der Waals surface area contributed by atoms with E-state index in [-0.39, 0.29) is 5.28 Å². The number of nitrogens with zero attached hydrogens (tertiary/aromatic N) is 3. The fourth-order valence-corrected chi connectivity index (χ4v) is 4.67. The Labute approximate surface area is 174 Å². The molecule has 0 aliphatic carbocycles. The third-order valence-electron chi connectivity index (χ3n) is 4.11. The Kier molecular flexibility index (Phi) is 5.03. The predicted octanol–water partition coefficient (Wildman–Crippen LogP) is 6.30. The largest absolute Gasteiger partial charge is 0.263 e. The van der Waals surface area contributed by atoms with Crippen LogP contribution in [0.25, 0.3) is 31.8 Å². The molecule has 0 amide bonds. The van der Waals surface area contributed by atoms with E-state index in [0.29, 0.717) is 0 Å². The Balaban J connectivity index is 1.88. The van der Waals surface area contributed by atoms with Gasteiger partial charge >= 0.3 is 0 Å². The van der Waals surface area contributed by atoms with E-state index in [1.165, 1.54) is 10.1 Å². The molecule has 0 radical (unpaired) electrons. The van der Waals surface area contributed by atoms with Crippen molar-refractivity contribution in [2.45, 2.75) is 19.6 Å². The second-order valence-corrected chi connectivity index (χ2v) is 13.6. The van der Waals surface area contributed by atoms with E-state index in [9.17, 15) is 0 Å². The first-order valence-electron chi connectivity index (χ1n) is 8.90. The molecule has 0 atom stereocenters. The third-order valence-corrected chi connectivity index (χ3v) is 6.37. The van der Waals surface area contributed by atoms with Crippen LogP contribution in [0.5, 0.6) is 0 Å². The molecule has 6 heteroatoms. The van der Waals surface area contributed by atoms with Crippen LogP contribution in [0, 0.1) is 11.5 Å². The van der Waals surface area contributed by atoms with Gasteiger partial charge in [0, 0.05) is 34.4 Å². The number of benzene rings is 1. The summed E-state index contributed by atoms with van der Waals surface area (Å²) in [5, 5.41) is 1.43. The highest BCUT2D eigenvalue weighted by Crippen LogP contribution is 2.39. The molecule has 0 saturated heterocycles. The minimum atomic E-state index is -1.48. The Morgan fingerprint density at radius 1 is 1.04 bits per heavy atom. The maximum atomic E-state index is 5.98. The Hall–Kier alpha value is -2.52. The molecule has 1 aromatic carbocycles. The van der Waals surface area contributed by atoms with Crippen molar-refractivity contribution in [2.75, 3.05) is 0 Å². The number of pyridine rings is 1.